The van der Waals surface area contributed by atoms with Gasteiger partial charge in [0.25, 0.3) is 5.91 Å². The summed E-state index contributed by atoms with van der Waals surface area (Å²) in [5.74, 6) is 0.0261. The molecular formula is C23H23NO3. The fourth-order valence-corrected chi connectivity index (χ4v) is 4.28. The Morgan fingerprint density at radius 1 is 1.11 bits per heavy atom. The smallest absolute Gasteiger partial charge is 0.313 e. The van der Waals surface area contributed by atoms with Gasteiger partial charge in [-0.15, -0.1) is 0 Å². The maximum atomic E-state index is 12.4. The molecule has 4 nitrogen and oxygen atoms in total. The normalized spacial score (nSPS) is 23.8. The molecule has 27 heavy (non-hydrogen) atoms. The Labute approximate surface area is 159 Å². The first-order valence-corrected chi connectivity index (χ1v) is 9.32. The average Bonchev–Trinajstić information content (AvgIpc) is 3.15. The largest absolute Gasteiger partial charge is 0.465 e. The summed E-state index contributed by atoms with van der Waals surface area (Å²) in [6.45, 7) is 5.08. The van der Waals surface area contributed by atoms with Crippen molar-refractivity contribution in [2.75, 3.05) is 6.61 Å². The molecule has 1 amide bonds. The maximum absolute atomic E-state index is 12.4. The van der Waals surface area contributed by atoms with Crippen LogP contribution in [0.1, 0.15) is 34.3 Å². The molecular weight excluding hydrogens is 338 g/mol. The predicted octanol–water partition coefficient (Wildman–Crippen LogP) is 3.67. The van der Waals surface area contributed by atoms with Crippen LogP contribution in [0.15, 0.2) is 66.7 Å². The van der Waals surface area contributed by atoms with E-state index >= 15 is 0 Å². The highest BCUT2D eigenvalue weighted by atomic mass is 16.5. The van der Waals surface area contributed by atoms with E-state index in [1.807, 2.05) is 54.6 Å². The second-order valence-electron chi connectivity index (χ2n) is 7.62. The molecule has 1 saturated heterocycles. The van der Waals surface area contributed by atoms with E-state index in [1.165, 1.54) is 0 Å². The summed E-state index contributed by atoms with van der Waals surface area (Å²) in [7, 11) is 0. The third-order valence-electron chi connectivity index (χ3n) is 5.74. The molecule has 4 heteroatoms. The van der Waals surface area contributed by atoms with Gasteiger partial charge in [-0.25, -0.2) is 0 Å². The second-order valence-corrected chi connectivity index (χ2v) is 7.62. The number of benzene rings is 2. The summed E-state index contributed by atoms with van der Waals surface area (Å²) in [4.78, 5) is 24.7. The van der Waals surface area contributed by atoms with Gasteiger partial charge < -0.3 is 10.1 Å². The van der Waals surface area contributed by atoms with Crippen LogP contribution in [0.5, 0.6) is 0 Å². The van der Waals surface area contributed by atoms with Crippen LogP contribution < -0.4 is 5.32 Å². The zero-order chi connectivity index (χ0) is 18.9. The lowest BCUT2D eigenvalue weighted by Crippen LogP contribution is -2.31. The van der Waals surface area contributed by atoms with Crippen LogP contribution in [-0.2, 0) is 22.5 Å². The fourth-order valence-electron chi connectivity index (χ4n) is 4.28. The van der Waals surface area contributed by atoms with Crippen LogP contribution in [0.4, 0.5) is 0 Å². The molecule has 2 aromatic rings. The predicted molar refractivity (Wildman–Crippen MR) is 103 cm³/mol. The number of carbonyl (C=O) groups is 2. The molecule has 2 aromatic carbocycles. The van der Waals surface area contributed by atoms with Crippen molar-refractivity contribution in [1.82, 2.24) is 5.32 Å². The van der Waals surface area contributed by atoms with E-state index in [0.29, 0.717) is 31.6 Å². The van der Waals surface area contributed by atoms with E-state index in [9.17, 15) is 9.59 Å². The van der Waals surface area contributed by atoms with E-state index in [0.717, 1.165) is 23.1 Å². The first-order chi connectivity index (χ1) is 13.1. The molecule has 2 unspecified atom stereocenters. The molecule has 4 rings (SSSR count). The Morgan fingerprint density at radius 3 is 2.59 bits per heavy atom. The third-order valence-corrected chi connectivity index (χ3v) is 5.74. The first kappa shape index (κ1) is 17.5. The van der Waals surface area contributed by atoms with Gasteiger partial charge in [0.05, 0.1) is 12.0 Å². The average molecular weight is 361 g/mol. The maximum Gasteiger partial charge on any atom is 0.313 e. The van der Waals surface area contributed by atoms with E-state index in [2.05, 4.69) is 11.9 Å². The Kier molecular flexibility index (Phi) is 4.56. The highest BCUT2D eigenvalue weighted by molar-refractivity contribution is 5.94. The Hall–Kier alpha value is -2.88. The van der Waals surface area contributed by atoms with Gasteiger partial charge in [-0.1, -0.05) is 54.6 Å². The monoisotopic (exact) mass is 361 g/mol. The lowest BCUT2D eigenvalue weighted by Gasteiger charge is -2.24. The van der Waals surface area contributed by atoms with Crippen molar-refractivity contribution in [2.24, 2.45) is 11.3 Å². The molecule has 2 fully saturated rings. The number of rotatable bonds is 5. The van der Waals surface area contributed by atoms with E-state index in [1.54, 1.807) is 0 Å². The topological polar surface area (TPSA) is 55.4 Å². The molecule has 0 bridgehead atoms. The highest BCUT2D eigenvalue weighted by Gasteiger charge is 2.55. The summed E-state index contributed by atoms with van der Waals surface area (Å²) in [5.41, 5.74) is 3.40. The van der Waals surface area contributed by atoms with Gasteiger partial charge in [-0.05, 0) is 42.5 Å². The van der Waals surface area contributed by atoms with Crippen LogP contribution >= 0.6 is 0 Å². The van der Waals surface area contributed by atoms with Gasteiger partial charge in [-0.2, -0.15) is 0 Å². The Morgan fingerprint density at radius 2 is 1.85 bits per heavy atom. The number of nitrogens with one attached hydrogen (secondary N) is 1. The van der Waals surface area contributed by atoms with Crippen molar-refractivity contribution in [2.45, 2.75) is 25.8 Å². The number of hydrogen-bond donors (Lipinski definition) is 1. The summed E-state index contributed by atoms with van der Waals surface area (Å²) >= 11 is 0. The number of fused-ring (bicyclic) bond motifs is 1. The van der Waals surface area contributed by atoms with Gasteiger partial charge >= 0.3 is 5.97 Å². The fraction of sp³-hybridized carbons (Fsp3) is 0.304. The van der Waals surface area contributed by atoms with Gasteiger partial charge in [-0.3, -0.25) is 9.59 Å². The molecule has 2 atom stereocenters. The lowest BCUT2D eigenvalue weighted by molar-refractivity contribution is -0.146. The summed E-state index contributed by atoms with van der Waals surface area (Å²) in [6, 6.07) is 17.4. The number of cyclic esters (lactones) is 1. The molecule has 138 valence electrons. The van der Waals surface area contributed by atoms with Crippen molar-refractivity contribution in [1.29, 1.82) is 0 Å². The van der Waals surface area contributed by atoms with E-state index in [4.69, 9.17) is 4.74 Å². The Balaban J connectivity index is 1.42. The van der Waals surface area contributed by atoms with Crippen LogP contribution in [-0.4, -0.2) is 18.5 Å². The van der Waals surface area contributed by atoms with E-state index < -0.39 is 5.41 Å². The number of amides is 1. The van der Waals surface area contributed by atoms with Gasteiger partial charge in [0, 0.05) is 18.0 Å². The molecule has 0 spiro atoms. The van der Waals surface area contributed by atoms with Crippen LogP contribution in [0.2, 0.25) is 0 Å². The van der Waals surface area contributed by atoms with Crippen LogP contribution in [0, 0.1) is 11.3 Å². The number of esters is 1. The molecule has 0 aromatic heterocycles. The van der Waals surface area contributed by atoms with Crippen molar-refractivity contribution >= 4 is 11.9 Å². The lowest BCUT2D eigenvalue weighted by atomic mass is 9.75. The van der Waals surface area contributed by atoms with Crippen molar-refractivity contribution in [3.8, 4) is 0 Å². The SMILES string of the molecule is C=C1CC2COC(=O)C2(Cc2ccc(C(=O)NCc3ccccc3)cc2)C1. The standard InChI is InChI=1S/C23H23NO3/c1-16-11-20-15-27-22(26)23(20,12-16)13-17-7-9-19(10-8-17)21(25)24-14-18-5-3-2-4-6-18/h2-10,20H,1,11-15H2,(H,24,25). The molecule has 1 saturated carbocycles. The molecule has 0 radical (unpaired) electrons. The van der Waals surface area contributed by atoms with Gasteiger partial charge in [0.1, 0.15) is 0 Å². The molecule has 1 aliphatic carbocycles. The zero-order valence-electron chi connectivity index (χ0n) is 15.2. The summed E-state index contributed by atoms with van der Waals surface area (Å²) in [6.07, 6.45) is 2.21. The number of carbonyl (C=O) groups excluding carboxylic acids is 2. The molecule has 1 aliphatic heterocycles. The van der Waals surface area contributed by atoms with Gasteiger partial charge in [0.2, 0.25) is 0 Å². The zero-order valence-corrected chi connectivity index (χ0v) is 15.2. The second kappa shape index (κ2) is 7.03. The van der Waals surface area contributed by atoms with Gasteiger partial charge in [0.15, 0.2) is 0 Å². The van der Waals surface area contributed by atoms with E-state index in [-0.39, 0.29) is 17.8 Å². The van der Waals surface area contributed by atoms with Crippen molar-refractivity contribution in [3.05, 3.63) is 83.4 Å². The van der Waals surface area contributed by atoms with Crippen molar-refractivity contribution in [3.63, 3.8) is 0 Å². The number of allylic oxidation sites excluding steroid dienone is 1. The molecule has 2 aliphatic rings. The minimum atomic E-state index is -0.464. The van der Waals surface area contributed by atoms with Crippen molar-refractivity contribution < 1.29 is 14.3 Å². The summed E-state index contributed by atoms with van der Waals surface area (Å²) in [5, 5.41) is 2.93. The number of hydrogen-bond acceptors (Lipinski definition) is 3. The third kappa shape index (κ3) is 3.39. The highest BCUT2D eigenvalue weighted by Crippen LogP contribution is 2.52. The minimum Gasteiger partial charge on any atom is -0.465 e. The van der Waals surface area contributed by atoms with Crippen LogP contribution in [0.25, 0.3) is 0 Å². The minimum absolute atomic E-state index is 0.101. The summed E-state index contributed by atoms with van der Waals surface area (Å²) < 4.78 is 5.34. The molecule has 1 heterocycles. The first-order valence-electron chi connectivity index (χ1n) is 9.32. The number of ether oxygens (including phenoxy) is 1. The van der Waals surface area contributed by atoms with Crippen LogP contribution in [0.3, 0.4) is 0 Å². The molecule has 1 N–H and O–H groups in total. The quantitative estimate of drug-likeness (QED) is 0.653. The Bertz CT molecular complexity index is 872.